The highest BCUT2D eigenvalue weighted by molar-refractivity contribution is 5.78. The second-order valence-electron chi connectivity index (χ2n) is 3.50. The van der Waals surface area contributed by atoms with E-state index in [4.69, 9.17) is 5.11 Å². The van der Waals surface area contributed by atoms with Gasteiger partial charge in [0.1, 0.15) is 0 Å². The summed E-state index contributed by atoms with van der Waals surface area (Å²) in [5, 5.41) is 9.73. The summed E-state index contributed by atoms with van der Waals surface area (Å²) in [6.07, 6.45) is 1.18. The summed E-state index contributed by atoms with van der Waals surface area (Å²) < 4.78 is 0. The Labute approximate surface area is 95.0 Å². The molecule has 0 saturated heterocycles. The van der Waals surface area contributed by atoms with Gasteiger partial charge in [0, 0.05) is 11.8 Å². The SMILES string of the molecule is OCCC#CCc1ccc2ccccc2n1. The molecule has 0 fully saturated rings. The third kappa shape index (κ3) is 2.59. The smallest absolute Gasteiger partial charge is 0.0705 e. The lowest BCUT2D eigenvalue weighted by molar-refractivity contribution is 0.305. The number of pyridine rings is 1. The van der Waals surface area contributed by atoms with Crippen molar-refractivity contribution in [3.05, 3.63) is 42.1 Å². The summed E-state index contributed by atoms with van der Waals surface area (Å²) in [5.41, 5.74) is 1.98. The van der Waals surface area contributed by atoms with Crippen molar-refractivity contribution >= 4 is 10.9 Å². The Morgan fingerprint density at radius 1 is 1.06 bits per heavy atom. The van der Waals surface area contributed by atoms with E-state index in [9.17, 15) is 0 Å². The van der Waals surface area contributed by atoms with Crippen LogP contribution in [0.1, 0.15) is 12.1 Å². The number of fused-ring (bicyclic) bond motifs is 1. The summed E-state index contributed by atoms with van der Waals surface area (Å²) >= 11 is 0. The molecular formula is C14H13NO. The van der Waals surface area contributed by atoms with Crippen molar-refractivity contribution in [2.45, 2.75) is 12.8 Å². The van der Waals surface area contributed by atoms with Crippen LogP contribution in [0.25, 0.3) is 10.9 Å². The van der Waals surface area contributed by atoms with Crippen molar-refractivity contribution in [1.82, 2.24) is 4.98 Å². The molecule has 1 aromatic carbocycles. The monoisotopic (exact) mass is 211 g/mol. The highest BCUT2D eigenvalue weighted by atomic mass is 16.2. The summed E-state index contributed by atoms with van der Waals surface area (Å²) in [6, 6.07) is 12.1. The third-order valence-corrected chi connectivity index (χ3v) is 2.29. The first kappa shape index (κ1) is 10.7. The van der Waals surface area contributed by atoms with E-state index >= 15 is 0 Å². The standard InChI is InChI=1S/C14H13NO/c16-11-5-1-2-7-13-10-9-12-6-3-4-8-14(12)15-13/h3-4,6,8-10,16H,5,7,11H2. The van der Waals surface area contributed by atoms with E-state index in [1.165, 1.54) is 0 Å². The number of hydrogen-bond acceptors (Lipinski definition) is 2. The molecule has 0 aliphatic heterocycles. The second kappa shape index (κ2) is 5.29. The van der Waals surface area contributed by atoms with Crippen molar-refractivity contribution < 1.29 is 5.11 Å². The zero-order chi connectivity index (χ0) is 11.2. The van der Waals surface area contributed by atoms with E-state index in [-0.39, 0.29) is 6.61 Å². The number of rotatable bonds is 2. The lowest BCUT2D eigenvalue weighted by Gasteiger charge is -1.98. The lowest BCUT2D eigenvalue weighted by Crippen LogP contribution is -1.88. The number of benzene rings is 1. The Morgan fingerprint density at radius 2 is 1.94 bits per heavy atom. The topological polar surface area (TPSA) is 33.1 Å². The fraction of sp³-hybridized carbons (Fsp3) is 0.214. The Kier molecular flexibility index (Phi) is 3.53. The Bertz CT molecular complexity index is 537. The van der Waals surface area contributed by atoms with Gasteiger partial charge >= 0.3 is 0 Å². The van der Waals surface area contributed by atoms with Crippen molar-refractivity contribution in [2.24, 2.45) is 0 Å². The maximum atomic E-state index is 8.59. The van der Waals surface area contributed by atoms with E-state index in [1.54, 1.807) is 0 Å². The van der Waals surface area contributed by atoms with Crippen molar-refractivity contribution in [2.75, 3.05) is 6.61 Å². The van der Waals surface area contributed by atoms with Crippen LogP contribution in [0.15, 0.2) is 36.4 Å². The molecule has 0 unspecified atom stereocenters. The molecule has 2 rings (SSSR count). The van der Waals surface area contributed by atoms with Crippen molar-refractivity contribution in [3.8, 4) is 11.8 Å². The molecular weight excluding hydrogens is 198 g/mol. The minimum atomic E-state index is 0.123. The molecule has 0 amide bonds. The van der Waals surface area contributed by atoms with Crippen LogP contribution in [0.5, 0.6) is 0 Å². The molecule has 0 aliphatic carbocycles. The minimum Gasteiger partial charge on any atom is -0.395 e. The molecule has 0 radical (unpaired) electrons. The van der Waals surface area contributed by atoms with Crippen LogP contribution >= 0.6 is 0 Å². The van der Waals surface area contributed by atoms with Crippen LogP contribution in [-0.2, 0) is 6.42 Å². The number of aliphatic hydroxyl groups is 1. The van der Waals surface area contributed by atoms with Crippen LogP contribution in [0.3, 0.4) is 0 Å². The first-order valence-corrected chi connectivity index (χ1v) is 5.31. The molecule has 0 atom stereocenters. The highest BCUT2D eigenvalue weighted by Gasteiger charge is 1.95. The Morgan fingerprint density at radius 3 is 2.81 bits per heavy atom. The number of nitrogens with zero attached hydrogens (tertiary/aromatic N) is 1. The average Bonchev–Trinajstić information content (AvgIpc) is 2.34. The lowest BCUT2D eigenvalue weighted by atomic mass is 10.2. The number of aliphatic hydroxyl groups excluding tert-OH is 1. The highest BCUT2D eigenvalue weighted by Crippen LogP contribution is 2.11. The first-order valence-electron chi connectivity index (χ1n) is 5.31. The van der Waals surface area contributed by atoms with Gasteiger partial charge in [-0.1, -0.05) is 30.2 Å². The molecule has 0 aliphatic rings. The second-order valence-corrected chi connectivity index (χ2v) is 3.50. The summed E-state index contributed by atoms with van der Waals surface area (Å²) in [5.74, 6) is 5.89. The van der Waals surface area contributed by atoms with E-state index in [0.29, 0.717) is 12.8 Å². The normalized spacial score (nSPS) is 9.81. The van der Waals surface area contributed by atoms with Gasteiger partial charge in [-0.15, -0.1) is 5.92 Å². The third-order valence-electron chi connectivity index (χ3n) is 2.29. The van der Waals surface area contributed by atoms with Crippen molar-refractivity contribution in [1.29, 1.82) is 0 Å². The largest absolute Gasteiger partial charge is 0.395 e. The predicted octanol–water partition coefficient (Wildman–Crippen LogP) is 2.16. The van der Waals surface area contributed by atoms with E-state index in [0.717, 1.165) is 16.6 Å². The fourth-order valence-corrected chi connectivity index (χ4v) is 1.50. The van der Waals surface area contributed by atoms with Crippen molar-refractivity contribution in [3.63, 3.8) is 0 Å². The van der Waals surface area contributed by atoms with Gasteiger partial charge in [-0.3, -0.25) is 4.98 Å². The van der Waals surface area contributed by atoms with Crippen LogP contribution in [0.2, 0.25) is 0 Å². The van der Waals surface area contributed by atoms with Gasteiger partial charge < -0.3 is 5.11 Å². The zero-order valence-corrected chi connectivity index (χ0v) is 8.98. The van der Waals surface area contributed by atoms with Gasteiger partial charge in [0.15, 0.2) is 0 Å². The summed E-state index contributed by atoms with van der Waals surface area (Å²) in [7, 11) is 0. The fourth-order valence-electron chi connectivity index (χ4n) is 1.50. The van der Waals surface area contributed by atoms with Gasteiger partial charge in [0.05, 0.1) is 24.2 Å². The quantitative estimate of drug-likeness (QED) is 0.772. The molecule has 2 nitrogen and oxygen atoms in total. The molecule has 0 bridgehead atoms. The molecule has 2 aromatic rings. The molecule has 80 valence electrons. The Hall–Kier alpha value is -1.85. The Balaban J connectivity index is 2.17. The molecule has 0 saturated carbocycles. The van der Waals surface area contributed by atoms with E-state index < -0.39 is 0 Å². The van der Waals surface area contributed by atoms with Crippen LogP contribution < -0.4 is 0 Å². The number of aromatic nitrogens is 1. The zero-order valence-electron chi connectivity index (χ0n) is 8.98. The van der Waals surface area contributed by atoms with Crippen LogP contribution in [0.4, 0.5) is 0 Å². The molecule has 1 aromatic heterocycles. The van der Waals surface area contributed by atoms with Crippen LogP contribution in [0, 0.1) is 11.8 Å². The predicted molar refractivity (Wildman–Crippen MR) is 64.9 cm³/mol. The van der Waals surface area contributed by atoms with Crippen LogP contribution in [-0.4, -0.2) is 16.7 Å². The minimum absolute atomic E-state index is 0.123. The summed E-state index contributed by atoms with van der Waals surface area (Å²) in [4.78, 5) is 4.51. The summed E-state index contributed by atoms with van der Waals surface area (Å²) in [6.45, 7) is 0.123. The van der Waals surface area contributed by atoms with Gasteiger partial charge in [0.25, 0.3) is 0 Å². The average molecular weight is 211 g/mol. The first-order chi connectivity index (χ1) is 7.90. The van der Waals surface area contributed by atoms with Gasteiger partial charge in [0.2, 0.25) is 0 Å². The van der Waals surface area contributed by atoms with Gasteiger partial charge in [-0.05, 0) is 12.1 Å². The molecule has 2 heteroatoms. The molecule has 1 heterocycles. The van der Waals surface area contributed by atoms with Gasteiger partial charge in [-0.25, -0.2) is 0 Å². The molecule has 0 spiro atoms. The maximum Gasteiger partial charge on any atom is 0.0705 e. The van der Waals surface area contributed by atoms with E-state index in [2.05, 4.69) is 22.9 Å². The van der Waals surface area contributed by atoms with E-state index in [1.807, 2.05) is 30.3 Å². The number of para-hydroxylation sites is 1. The molecule has 1 N–H and O–H groups in total. The molecule has 16 heavy (non-hydrogen) atoms. The number of hydrogen-bond donors (Lipinski definition) is 1. The maximum absolute atomic E-state index is 8.59. The van der Waals surface area contributed by atoms with Gasteiger partial charge in [-0.2, -0.15) is 0 Å².